The van der Waals surface area contributed by atoms with Crippen molar-refractivity contribution in [3.63, 3.8) is 0 Å². The molecule has 0 aromatic heterocycles. The first kappa shape index (κ1) is 11.9. The molecule has 2 rings (SSSR count). The van der Waals surface area contributed by atoms with Gasteiger partial charge in [-0.05, 0) is 30.0 Å². The fourth-order valence-corrected chi connectivity index (χ4v) is 2.15. The van der Waals surface area contributed by atoms with Gasteiger partial charge < -0.3 is 10.1 Å². The summed E-state index contributed by atoms with van der Waals surface area (Å²) in [4.78, 5) is 0. The van der Waals surface area contributed by atoms with Crippen molar-refractivity contribution in [1.29, 1.82) is 5.26 Å². The highest BCUT2D eigenvalue weighted by atomic mass is 16.5. The minimum atomic E-state index is 0.606. The molecule has 1 saturated carbocycles. The molecule has 3 nitrogen and oxygen atoms in total. The van der Waals surface area contributed by atoms with E-state index in [1.54, 1.807) is 7.11 Å². The van der Waals surface area contributed by atoms with Crippen molar-refractivity contribution in [3.8, 4) is 11.8 Å². The Bertz CT molecular complexity index is 436. The monoisotopic (exact) mass is 230 g/mol. The molecular weight excluding hydrogens is 212 g/mol. The predicted molar refractivity (Wildman–Crippen MR) is 66.7 cm³/mol. The van der Waals surface area contributed by atoms with Crippen LogP contribution in [0, 0.1) is 17.2 Å². The maximum absolute atomic E-state index is 8.99. The average Bonchev–Trinajstić information content (AvgIpc) is 3.14. The first-order chi connectivity index (χ1) is 8.28. The maximum Gasteiger partial charge on any atom is 0.136 e. The van der Waals surface area contributed by atoms with E-state index in [1.807, 2.05) is 18.2 Å². The average molecular weight is 230 g/mol. The molecule has 1 aromatic rings. The third-order valence-electron chi connectivity index (χ3n) is 3.40. The van der Waals surface area contributed by atoms with Crippen molar-refractivity contribution in [2.24, 2.45) is 5.92 Å². The van der Waals surface area contributed by atoms with E-state index in [9.17, 15) is 0 Å². The molecule has 0 heterocycles. The smallest absolute Gasteiger partial charge is 0.136 e. The van der Waals surface area contributed by atoms with Gasteiger partial charge in [-0.2, -0.15) is 5.26 Å². The second-order valence-corrected chi connectivity index (χ2v) is 4.54. The highest BCUT2D eigenvalue weighted by Crippen LogP contribution is 2.33. The number of ether oxygens (including phenoxy) is 1. The predicted octanol–water partition coefficient (Wildman–Crippen LogP) is 2.45. The van der Waals surface area contributed by atoms with Crippen LogP contribution in [0.4, 0.5) is 0 Å². The molecular formula is C14H18N2O. The largest absolute Gasteiger partial charge is 0.495 e. The van der Waals surface area contributed by atoms with Crippen molar-refractivity contribution in [1.82, 2.24) is 5.32 Å². The molecule has 17 heavy (non-hydrogen) atoms. The van der Waals surface area contributed by atoms with Crippen LogP contribution in [0.2, 0.25) is 0 Å². The number of hydrogen-bond donors (Lipinski definition) is 1. The number of nitrogens with one attached hydrogen (secondary N) is 1. The van der Waals surface area contributed by atoms with E-state index in [0.717, 1.165) is 18.0 Å². The normalized spacial score (nSPS) is 21.9. The molecule has 1 aromatic carbocycles. The van der Waals surface area contributed by atoms with Crippen molar-refractivity contribution >= 4 is 0 Å². The lowest BCUT2D eigenvalue weighted by Crippen LogP contribution is -2.17. The molecule has 0 radical (unpaired) electrons. The van der Waals surface area contributed by atoms with E-state index in [-0.39, 0.29) is 0 Å². The third kappa shape index (κ3) is 2.78. The van der Waals surface area contributed by atoms with Gasteiger partial charge in [0, 0.05) is 12.6 Å². The van der Waals surface area contributed by atoms with Crippen molar-refractivity contribution < 1.29 is 4.74 Å². The zero-order valence-corrected chi connectivity index (χ0v) is 10.4. The summed E-state index contributed by atoms with van der Waals surface area (Å²) >= 11 is 0. The minimum absolute atomic E-state index is 0.606. The zero-order valence-electron chi connectivity index (χ0n) is 10.4. The van der Waals surface area contributed by atoms with E-state index in [4.69, 9.17) is 10.00 Å². The van der Waals surface area contributed by atoms with Gasteiger partial charge in [-0.3, -0.25) is 0 Å². The molecule has 0 amide bonds. The van der Waals surface area contributed by atoms with Crippen LogP contribution >= 0.6 is 0 Å². The van der Waals surface area contributed by atoms with Crippen LogP contribution in [-0.2, 0) is 6.54 Å². The van der Waals surface area contributed by atoms with Crippen LogP contribution in [0.1, 0.15) is 30.9 Å². The molecule has 1 aliphatic rings. The lowest BCUT2D eigenvalue weighted by molar-refractivity contribution is 0.413. The zero-order chi connectivity index (χ0) is 12.3. The Hall–Kier alpha value is -1.53. The Balaban J connectivity index is 1.95. The second kappa shape index (κ2) is 5.20. The SMILES string of the molecule is CCC1CC1NCc1ccc(OC)c(C#N)c1. The van der Waals surface area contributed by atoms with Crippen LogP contribution in [0.15, 0.2) is 18.2 Å². The summed E-state index contributed by atoms with van der Waals surface area (Å²) in [6.07, 6.45) is 2.54. The number of rotatable bonds is 5. The lowest BCUT2D eigenvalue weighted by Gasteiger charge is -2.07. The lowest BCUT2D eigenvalue weighted by atomic mass is 10.1. The van der Waals surface area contributed by atoms with Gasteiger partial charge in [0.2, 0.25) is 0 Å². The molecule has 90 valence electrons. The second-order valence-electron chi connectivity index (χ2n) is 4.54. The molecule has 0 aliphatic heterocycles. The first-order valence-electron chi connectivity index (χ1n) is 6.08. The van der Waals surface area contributed by atoms with Crippen LogP contribution in [0.5, 0.6) is 5.75 Å². The first-order valence-corrected chi connectivity index (χ1v) is 6.08. The minimum Gasteiger partial charge on any atom is -0.495 e. The summed E-state index contributed by atoms with van der Waals surface area (Å²) in [5.74, 6) is 1.50. The maximum atomic E-state index is 8.99. The quantitative estimate of drug-likeness (QED) is 0.845. The summed E-state index contributed by atoms with van der Waals surface area (Å²) in [7, 11) is 1.59. The molecule has 0 spiro atoms. The van der Waals surface area contributed by atoms with Crippen molar-refractivity contribution in [3.05, 3.63) is 29.3 Å². The fraction of sp³-hybridized carbons (Fsp3) is 0.500. The van der Waals surface area contributed by atoms with E-state index in [0.29, 0.717) is 17.4 Å². The van der Waals surface area contributed by atoms with Gasteiger partial charge in [-0.15, -0.1) is 0 Å². The summed E-state index contributed by atoms with van der Waals surface area (Å²) in [5, 5.41) is 12.5. The highest BCUT2D eigenvalue weighted by molar-refractivity contribution is 5.45. The van der Waals surface area contributed by atoms with Gasteiger partial charge in [-0.25, -0.2) is 0 Å². The number of nitrogens with zero attached hydrogens (tertiary/aromatic N) is 1. The standard InChI is InChI=1S/C14H18N2O/c1-3-11-7-13(11)16-9-10-4-5-14(17-2)12(6-10)8-15/h4-6,11,13,16H,3,7,9H2,1-2H3. The van der Waals surface area contributed by atoms with Gasteiger partial charge in [-0.1, -0.05) is 19.4 Å². The van der Waals surface area contributed by atoms with Crippen LogP contribution in [-0.4, -0.2) is 13.2 Å². The molecule has 0 saturated heterocycles. The topological polar surface area (TPSA) is 45.0 Å². The van der Waals surface area contributed by atoms with Crippen LogP contribution in [0.3, 0.4) is 0 Å². The van der Waals surface area contributed by atoms with E-state index < -0.39 is 0 Å². The third-order valence-corrected chi connectivity index (χ3v) is 3.40. The van der Waals surface area contributed by atoms with E-state index >= 15 is 0 Å². The molecule has 1 N–H and O–H groups in total. The molecule has 1 aliphatic carbocycles. The Morgan fingerprint density at radius 1 is 1.53 bits per heavy atom. The van der Waals surface area contributed by atoms with Gasteiger partial charge in [0.05, 0.1) is 12.7 Å². The van der Waals surface area contributed by atoms with Crippen molar-refractivity contribution in [2.45, 2.75) is 32.4 Å². The fourth-order valence-electron chi connectivity index (χ4n) is 2.15. The Kier molecular flexibility index (Phi) is 3.65. The van der Waals surface area contributed by atoms with Gasteiger partial charge in [0.25, 0.3) is 0 Å². The summed E-state index contributed by atoms with van der Waals surface area (Å²) < 4.78 is 5.12. The number of methoxy groups -OCH3 is 1. The Morgan fingerprint density at radius 2 is 2.35 bits per heavy atom. The van der Waals surface area contributed by atoms with Crippen molar-refractivity contribution in [2.75, 3.05) is 7.11 Å². The van der Waals surface area contributed by atoms with E-state index in [2.05, 4.69) is 18.3 Å². The molecule has 1 fully saturated rings. The number of benzene rings is 1. The molecule has 2 unspecified atom stereocenters. The molecule has 0 bridgehead atoms. The van der Waals surface area contributed by atoms with Crippen LogP contribution in [0.25, 0.3) is 0 Å². The number of hydrogen-bond acceptors (Lipinski definition) is 3. The molecule has 3 heteroatoms. The van der Waals surface area contributed by atoms with Gasteiger partial charge in [0.1, 0.15) is 11.8 Å². The Labute approximate surface area is 102 Å². The van der Waals surface area contributed by atoms with Gasteiger partial charge >= 0.3 is 0 Å². The van der Waals surface area contributed by atoms with Gasteiger partial charge in [0.15, 0.2) is 0 Å². The Morgan fingerprint density at radius 3 is 2.94 bits per heavy atom. The summed E-state index contributed by atoms with van der Waals surface area (Å²) in [6, 6.07) is 8.60. The number of nitriles is 1. The summed E-state index contributed by atoms with van der Waals surface area (Å²) in [6.45, 7) is 3.06. The van der Waals surface area contributed by atoms with Crippen LogP contribution < -0.4 is 10.1 Å². The van der Waals surface area contributed by atoms with E-state index in [1.165, 1.54) is 12.8 Å². The summed E-state index contributed by atoms with van der Waals surface area (Å²) in [5.41, 5.74) is 1.75. The molecule has 2 atom stereocenters. The highest BCUT2D eigenvalue weighted by Gasteiger charge is 2.34.